The molecule has 1 fully saturated rings. The summed E-state index contributed by atoms with van der Waals surface area (Å²) in [4.78, 5) is 0. The number of rotatable bonds is 2. The molecule has 4 heteroatoms. The van der Waals surface area contributed by atoms with Gasteiger partial charge in [0.15, 0.2) is 0 Å². The van der Waals surface area contributed by atoms with Crippen LogP contribution in [0.1, 0.15) is 12.8 Å². The van der Waals surface area contributed by atoms with Gasteiger partial charge < -0.3 is 4.55 Å². The Hall–Kier alpha value is 0.0700. The van der Waals surface area contributed by atoms with Gasteiger partial charge in [0.25, 0.3) is 0 Å². The standard InChI is InChI=1S/C3H7NO2S/c5-7(6)4-3-1-2-3/h3-4H,1-2H2,(H,5,6)/p-1. The Balaban J connectivity index is 2.08. The molecule has 0 radical (unpaired) electrons. The van der Waals surface area contributed by atoms with Gasteiger partial charge in [-0.15, -0.1) is 0 Å². The van der Waals surface area contributed by atoms with Gasteiger partial charge in [0.2, 0.25) is 0 Å². The van der Waals surface area contributed by atoms with E-state index in [1.165, 1.54) is 0 Å². The van der Waals surface area contributed by atoms with Crippen LogP contribution in [0.3, 0.4) is 0 Å². The summed E-state index contributed by atoms with van der Waals surface area (Å²) < 4.78 is 21.8. The second kappa shape index (κ2) is 1.90. The summed E-state index contributed by atoms with van der Waals surface area (Å²) in [6.45, 7) is 0. The van der Waals surface area contributed by atoms with E-state index in [0.717, 1.165) is 12.8 Å². The molecule has 0 aliphatic heterocycles. The van der Waals surface area contributed by atoms with Gasteiger partial charge in [0.05, 0.1) is 0 Å². The molecular weight excluding hydrogens is 114 g/mol. The minimum absolute atomic E-state index is 0.262. The molecule has 1 saturated carbocycles. The van der Waals surface area contributed by atoms with E-state index in [0.29, 0.717) is 0 Å². The van der Waals surface area contributed by atoms with Crippen LogP contribution in [0.5, 0.6) is 0 Å². The highest BCUT2D eigenvalue weighted by molar-refractivity contribution is 7.77. The Kier molecular flexibility index (Phi) is 1.41. The van der Waals surface area contributed by atoms with E-state index in [1.54, 1.807) is 0 Å². The summed E-state index contributed by atoms with van der Waals surface area (Å²) in [5.74, 6) is 0. The van der Waals surface area contributed by atoms with E-state index in [2.05, 4.69) is 4.72 Å². The molecule has 0 saturated heterocycles. The molecule has 0 bridgehead atoms. The fourth-order valence-electron chi connectivity index (χ4n) is 0.337. The van der Waals surface area contributed by atoms with Gasteiger partial charge in [-0.1, -0.05) is 0 Å². The Morgan fingerprint density at radius 2 is 2.29 bits per heavy atom. The maximum absolute atomic E-state index is 9.74. The minimum Gasteiger partial charge on any atom is -0.760 e. The molecule has 0 amide bonds. The largest absolute Gasteiger partial charge is 0.760 e. The van der Waals surface area contributed by atoms with Crippen molar-refractivity contribution in [1.29, 1.82) is 0 Å². The van der Waals surface area contributed by atoms with Crippen LogP contribution in [0.15, 0.2) is 0 Å². The van der Waals surface area contributed by atoms with Crippen LogP contribution in [0.25, 0.3) is 0 Å². The highest BCUT2D eigenvalue weighted by Gasteiger charge is 2.20. The first-order chi connectivity index (χ1) is 3.29. The van der Waals surface area contributed by atoms with Crippen molar-refractivity contribution in [1.82, 2.24) is 4.72 Å². The quantitative estimate of drug-likeness (QED) is 0.501. The van der Waals surface area contributed by atoms with Crippen LogP contribution >= 0.6 is 0 Å². The molecule has 1 rings (SSSR count). The van der Waals surface area contributed by atoms with Gasteiger partial charge in [-0.2, -0.15) is 0 Å². The van der Waals surface area contributed by atoms with Crippen molar-refractivity contribution in [2.45, 2.75) is 18.9 Å². The maximum Gasteiger partial charge on any atom is 0.0185 e. The Bertz CT molecular complexity index is 90.9. The van der Waals surface area contributed by atoms with E-state index < -0.39 is 11.3 Å². The van der Waals surface area contributed by atoms with Crippen molar-refractivity contribution in [3.63, 3.8) is 0 Å². The fraction of sp³-hybridized carbons (Fsp3) is 1.00. The summed E-state index contributed by atoms with van der Waals surface area (Å²) in [7, 11) is 0. The molecule has 1 aliphatic carbocycles. The van der Waals surface area contributed by atoms with Crippen molar-refractivity contribution in [3.05, 3.63) is 0 Å². The molecular formula is C3H6NO2S-. The zero-order chi connectivity index (χ0) is 5.28. The third-order valence-electron chi connectivity index (χ3n) is 0.840. The molecule has 1 N–H and O–H groups in total. The summed E-state index contributed by atoms with van der Waals surface area (Å²) in [5.41, 5.74) is 0. The zero-order valence-corrected chi connectivity index (χ0v) is 4.53. The van der Waals surface area contributed by atoms with Crippen molar-refractivity contribution in [2.75, 3.05) is 0 Å². The van der Waals surface area contributed by atoms with Crippen LogP contribution in [0.4, 0.5) is 0 Å². The van der Waals surface area contributed by atoms with Crippen LogP contribution < -0.4 is 4.72 Å². The van der Waals surface area contributed by atoms with Crippen molar-refractivity contribution >= 4 is 11.3 Å². The monoisotopic (exact) mass is 120 g/mol. The lowest BCUT2D eigenvalue weighted by Gasteiger charge is -2.02. The third kappa shape index (κ3) is 2.01. The Morgan fingerprint density at radius 1 is 1.71 bits per heavy atom. The molecule has 42 valence electrons. The Labute approximate surface area is 44.5 Å². The van der Waals surface area contributed by atoms with Crippen molar-refractivity contribution in [2.24, 2.45) is 0 Å². The molecule has 0 aromatic heterocycles. The number of hydrogen-bond acceptors (Lipinski definition) is 2. The predicted octanol–water partition coefficient (Wildman–Crippen LogP) is -0.468. The van der Waals surface area contributed by atoms with E-state index in [9.17, 15) is 8.76 Å². The molecule has 0 spiro atoms. The van der Waals surface area contributed by atoms with Gasteiger partial charge >= 0.3 is 0 Å². The third-order valence-corrected chi connectivity index (χ3v) is 1.37. The molecule has 1 unspecified atom stereocenters. The zero-order valence-electron chi connectivity index (χ0n) is 3.72. The van der Waals surface area contributed by atoms with E-state index >= 15 is 0 Å². The van der Waals surface area contributed by atoms with E-state index in [1.807, 2.05) is 0 Å². The molecule has 3 nitrogen and oxygen atoms in total. The lowest BCUT2D eigenvalue weighted by atomic mass is 10.8. The second-order valence-electron chi connectivity index (χ2n) is 1.63. The lowest BCUT2D eigenvalue weighted by molar-refractivity contribution is 0.522. The number of nitrogens with one attached hydrogen (secondary N) is 1. The summed E-state index contributed by atoms with van der Waals surface area (Å²) >= 11 is -2.03. The molecule has 0 heterocycles. The SMILES string of the molecule is O=S([O-])NC1CC1. The van der Waals surface area contributed by atoms with Crippen molar-refractivity contribution < 1.29 is 8.76 Å². The van der Waals surface area contributed by atoms with Crippen LogP contribution in [0.2, 0.25) is 0 Å². The predicted molar refractivity (Wildman–Crippen MR) is 25.1 cm³/mol. The van der Waals surface area contributed by atoms with Crippen LogP contribution in [-0.2, 0) is 11.3 Å². The molecule has 7 heavy (non-hydrogen) atoms. The first kappa shape index (κ1) is 5.21. The number of hydrogen-bond donors (Lipinski definition) is 1. The molecule has 0 aromatic rings. The highest BCUT2D eigenvalue weighted by atomic mass is 32.2. The smallest absolute Gasteiger partial charge is 0.0185 e. The topological polar surface area (TPSA) is 52.2 Å². The van der Waals surface area contributed by atoms with Gasteiger partial charge in [0.1, 0.15) is 0 Å². The fourth-order valence-corrected chi connectivity index (χ4v) is 0.845. The normalized spacial score (nSPS) is 24.7. The van der Waals surface area contributed by atoms with Crippen LogP contribution in [0, 0.1) is 0 Å². The van der Waals surface area contributed by atoms with E-state index in [-0.39, 0.29) is 6.04 Å². The molecule has 1 atom stereocenters. The molecule has 1 aliphatic rings. The highest BCUT2D eigenvalue weighted by Crippen LogP contribution is 2.18. The van der Waals surface area contributed by atoms with Gasteiger partial charge in [-0.25, -0.2) is 4.72 Å². The lowest BCUT2D eigenvalue weighted by Crippen LogP contribution is -2.17. The minimum atomic E-state index is -2.03. The Morgan fingerprint density at radius 3 is 2.43 bits per heavy atom. The van der Waals surface area contributed by atoms with Gasteiger partial charge in [-0.05, 0) is 12.8 Å². The average Bonchev–Trinajstić information content (AvgIpc) is 2.17. The maximum atomic E-state index is 9.74. The summed E-state index contributed by atoms with van der Waals surface area (Å²) in [6.07, 6.45) is 2.02. The summed E-state index contributed by atoms with van der Waals surface area (Å²) in [6, 6.07) is 0.262. The molecule has 0 aromatic carbocycles. The summed E-state index contributed by atoms with van der Waals surface area (Å²) in [5, 5.41) is 0. The van der Waals surface area contributed by atoms with Crippen molar-refractivity contribution in [3.8, 4) is 0 Å². The van der Waals surface area contributed by atoms with E-state index in [4.69, 9.17) is 0 Å². The second-order valence-corrected chi connectivity index (χ2v) is 2.33. The average molecular weight is 120 g/mol. The van der Waals surface area contributed by atoms with Crippen LogP contribution in [-0.4, -0.2) is 14.8 Å². The first-order valence-electron chi connectivity index (χ1n) is 2.14. The first-order valence-corrected chi connectivity index (χ1v) is 3.22. The van der Waals surface area contributed by atoms with Gasteiger partial charge in [-0.3, -0.25) is 4.21 Å². The van der Waals surface area contributed by atoms with Gasteiger partial charge in [0, 0.05) is 17.3 Å².